The molecular weight excluding hydrogens is 250 g/mol. The second-order valence-electron chi connectivity index (χ2n) is 6.41. The summed E-state index contributed by atoms with van der Waals surface area (Å²) in [5.41, 5.74) is 2.60. The van der Waals surface area contributed by atoms with Crippen LogP contribution in [0.4, 0.5) is 5.69 Å². The summed E-state index contributed by atoms with van der Waals surface area (Å²) in [6, 6.07) is 8.76. The summed E-state index contributed by atoms with van der Waals surface area (Å²) in [4.78, 5) is 0. The van der Waals surface area contributed by atoms with E-state index in [0.717, 1.165) is 11.3 Å². The molecule has 106 valence electrons. The SMILES string of the molecule is CC1(C)CCC(Nc2cccc(-c3nnco3)c2)CC1. The number of aromatic nitrogens is 2. The zero-order chi connectivity index (χ0) is 14.0. The van der Waals surface area contributed by atoms with Gasteiger partial charge in [-0.25, -0.2) is 0 Å². The van der Waals surface area contributed by atoms with Crippen molar-refractivity contribution in [1.29, 1.82) is 0 Å². The summed E-state index contributed by atoms with van der Waals surface area (Å²) < 4.78 is 5.24. The average molecular weight is 271 g/mol. The summed E-state index contributed by atoms with van der Waals surface area (Å²) >= 11 is 0. The highest BCUT2D eigenvalue weighted by atomic mass is 16.4. The van der Waals surface area contributed by atoms with Gasteiger partial charge < -0.3 is 9.73 Å². The van der Waals surface area contributed by atoms with Crippen LogP contribution >= 0.6 is 0 Å². The molecule has 1 saturated carbocycles. The van der Waals surface area contributed by atoms with Crippen LogP contribution < -0.4 is 5.32 Å². The van der Waals surface area contributed by atoms with Crippen LogP contribution in [0.3, 0.4) is 0 Å². The summed E-state index contributed by atoms with van der Waals surface area (Å²) in [5, 5.41) is 11.3. The van der Waals surface area contributed by atoms with E-state index in [1.165, 1.54) is 32.1 Å². The molecule has 0 saturated heterocycles. The van der Waals surface area contributed by atoms with Crippen molar-refractivity contribution in [2.75, 3.05) is 5.32 Å². The first-order valence-electron chi connectivity index (χ1n) is 7.26. The van der Waals surface area contributed by atoms with Crippen molar-refractivity contribution in [2.45, 2.75) is 45.6 Å². The first-order valence-corrected chi connectivity index (χ1v) is 7.26. The van der Waals surface area contributed by atoms with Crippen LogP contribution in [0.1, 0.15) is 39.5 Å². The van der Waals surface area contributed by atoms with Crippen molar-refractivity contribution in [3.8, 4) is 11.5 Å². The largest absolute Gasteiger partial charge is 0.423 e. The highest BCUT2D eigenvalue weighted by Crippen LogP contribution is 2.36. The second-order valence-corrected chi connectivity index (χ2v) is 6.41. The molecule has 1 N–H and O–H groups in total. The van der Waals surface area contributed by atoms with E-state index in [0.29, 0.717) is 17.3 Å². The molecule has 0 unspecified atom stereocenters. The van der Waals surface area contributed by atoms with Gasteiger partial charge in [-0.05, 0) is 49.3 Å². The lowest BCUT2D eigenvalue weighted by Crippen LogP contribution is -2.29. The van der Waals surface area contributed by atoms with Gasteiger partial charge in [0.25, 0.3) is 0 Å². The third kappa shape index (κ3) is 3.00. The Morgan fingerprint density at radius 3 is 2.75 bits per heavy atom. The topological polar surface area (TPSA) is 51.0 Å². The van der Waals surface area contributed by atoms with Crippen LogP contribution in [0.5, 0.6) is 0 Å². The van der Waals surface area contributed by atoms with E-state index in [9.17, 15) is 0 Å². The van der Waals surface area contributed by atoms with Crippen LogP contribution in [-0.2, 0) is 0 Å². The molecule has 1 aromatic carbocycles. The van der Waals surface area contributed by atoms with E-state index >= 15 is 0 Å². The van der Waals surface area contributed by atoms with Gasteiger partial charge in [0, 0.05) is 17.3 Å². The lowest BCUT2D eigenvalue weighted by atomic mass is 9.75. The Bertz CT molecular complexity index is 553. The van der Waals surface area contributed by atoms with Gasteiger partial charge in [0.15, 0.2) is 0 Å². The monoisotopic (exact) mass is 271 g/mol. The minimum absolute atomic E-state index is 0.504. The molecule has 4 heteroatoms. The zero-order valence-electron chi connectivity index (χ0n) is 12.1. The lowest BCUT2D eigenvalue weighted by molar-refractivity contribution is 0.232. The molecule has 1 fully saturated rings. The van der Waals surface area contributed by atoms with E-state index < -0.39 is 0 Å². The molecule has 4 nitrogen and oxygen atoms in total. The van der Waals surface area contributed by atoms with Crippen LogP contribution in [-0.4, -0.2) is 16.2 Å². The van der Waals surface area contributed by atoms with Gasteiger partial charge in [0.2, 0.25) is 12.3 Å². The van der Waals surface area contributed by atoms with E-state index in [2.05, 4.69) is 41.5 Å². The van der Waals surface area contributed by atoms with Crippen LogP contribution in [0, 0.1) is 5.41 Å². The third-order valence-electron chi connectivity index (χ3n) is 4.18. The molecular formula is C16H21N3O. The van der Waals surface area contributed by atoms with Gasteiger partial charge in [-0.3, -0.25) is 0 Å². The highest BCUT2D eigenvalue weighted by molar-refractivity contribution is 5.61. The van der Waals surface area contributed by atoms with Gasteiger partial charge >= 0.3 is 0 Å². The molecule has 1 aromatic heterocycles. The Balaban J connectivity index is 1.68. The molecule has 1 heterocycles. The summed E-state index contributed by atoms with van der Waals surface area (Å²) in [6.45, 7) is 4.72. The Hall–Kier alpha value is -1.84. The standard InChI is InChI=1S/C16H21N3O/c1-16(2)8-6-13(7-9-16)18-14-5-3-4-12(10-14)15-19-17-11-20-15/h3-5,10-11,13,18H,6-9H2,1-2H3. The molecule has 2 aromatic rings. The molecule has 0 atom stereocenters. The third-order valence-corrected chi connectivity index (χ3v) is 4.18. The van der Waals surface area contributed by atoms with E-state index in [1.54, 1.807) is 0 Å². The zero-order valence-corrected chi connectivity index (χ0v) is 12.1. The molecule has 1 aliphatic carbocycles. The molecule has 0 radical (unpaired) electrons. The Morgan fingerprint density at radius 2 is 2.05 bits per heavy atom. The predicted octanol–water partition coefficient (Wildman–Crippen LogP) is 4.12. The van der Waals surface area contributed by atoms with E-state index in [1.807, 2.05) is 12.1 Å². The Labute approximate surface area is 119 Å². The molecule has 1 aliphatic rings. The first kappa shape index (κ1) is 13.2. The van der Waals surface area contributed by atoms with Gasteiger partial charge in [-0.2, -0.15) is 0 Å². The van der Waals surface area contributed by atoms with Crippen molar-refractivity contribution >= 4 is 5.69 Å². The average Bonchev–Trinajstić information content (AvgIpc) is 2.96. The summed E-state index contributed by atoms with van der Waals surface area (Å²) in [5.74, 6) is 0.568. The maximum atomic E-state index is 5.24. The molecule has 3 rings (SSSR count). The molecule has 0 aliphatic heterocycles. The minimum Gasteiger partial charge on any atom is -0.423 e. The van der Waals surface area contributed by atoms with Crippen LogP contribution in [0.25, 0.3) is 11.5 Å². The van der Waals surface area contributed by atoms with Gasteiger partial charge in [-0.1, -0.05) is 19.9 Å². The van der Waals surface area contributed by atoms with Crippen molar-refractivity contribution in [2.24, 2.45) is 5.41 Å². The molecule has 20 heavy (non-hydrogen) atoms. The van der Waals surface area contributed by atoms with Crippen molar-refractivity contribution in [3.63, 3.8) is 0 Å². The van der Waals surface area contributed by atoms with Gasteiger partial charge in [0.1, 0.15) is 0 Å². The minimum atomic E-state index is 0.504. The van der Waals surface area contributed by atoms with Gasteiger partial charge in [0.05, 0.1) is 0 Å². The van der Waals surface area contributed by atoms with Crippen molar-refractivity contribution < 1.29 is 4.42 Å². The number of hydrogen-bond acceptors (Lipinski definition) is 4. The maximum Gasteiger partial charge on any atom is 0.247 e. The predicted molar refractivity (Wildman–Crippen MR) is 79.4 cm³/mol. The number of rotatable bonds is 3. The fraction of sp³-hybridized carbons (Fsp3) is 0.500. The first-order chi connectivity index (χ1) is 9.62. The maximum absolute atomic E-state index is 5.24. The van der Waals surface area contributed by atoms with Gasteiger partial charge in [-0.15, -0.1) is 10.2 Å². The van der Waals surface area contributed by atoms with Crippen LogP contribution in [0.15, 0.2) is 35.1 Å². The fourth-order valence-electron chi connectivity index (χ4n) is 2.82. The number of anilines is 1. The number of benzene rings is 1. The molecule has 0 spiro atoms. The van der Waals surface area contributed by atoms with E-state index in [4.69, 9.17) is 4.42 Å². The van der Waals surface area contributed by atoms with Crippen molar-refractivity contribution in [3.05, 3.63) is 30.7 Å². The van der Waals surface area contributed by atoms with Crippen LogP contribution in [0.2, 0.25) is 0 Å². The second kappa shape index (κ2) is 5.27. The smallest absolute Gasteiger partial charge is 0.247 e. The normalized spacial score (nSPS) is 18.9. The number of nitrogens with zero attached hydrogens (tertiary/aromatic N) is 2. The highest BCUT2D eigenvalue weighted by Gasteiger charge is 2.26. The Kier molecular flexibility index (Phi) is 3.47. The summed E-state index contributed by atoms with van der Waals surface area (Å²) in [6.07, 6.45) is 6.40. The Morgan fingerprint density at radius 1 is 1.25 bits per heavy atom. The number of hydrogen-bond donors (Lipinski definition) is 1. The quantitative estimate of drug-likeness (QED) is 0.912. The number of nitrogens with one attached hydrogen (secondary N) is 1. The molecule has 0 amide bonds. The lowest BCUT2D eigenvalue weighted by Gasteiger charge is -2.35. The fourth-order valence-corrected chi connectivity index (χ4v) is 2.82. The van der Waals surface area contributed by atoms with E-state index in [-0.39, 0.29) is 0 Å². The summed E-state index contributed by atoms with van der Waals surface area (Å²) in [7, 11) is 0. The molecule has 0 bridgehead atoms. The van der Waals surface area contributed by atoms with Crippen molar-refractivity contribution in [1.82, 2.24) is 10.2 Å².